The largest absolute Gasteiger partial charge is 0.330 e. The minimum absolute atomic E-state index is 0. The van der Waals surface area contributed by atoms with Crippen molar-refractivity contribution in [3.05, 3.63) is 29.6 Å². The van der Waals surface area contributed by atoms with Crippen LogP contribution in [0.5, 0.6) is 0 Å². The van der Waals surface area contributed by atoms with Gasteiger partial charge in [-0.1, -0.05) is 13.0 Å². The Balaban J connectivity index is 0.00000242. The van der Waals surface area contributed by atoms with E-state index in [4.69, 9.17) is 5.73 Å². The molecule has 3 N–H and O–H groups in total. The van der Waals surface area contributed by atoms with Crippen molar-refractivity contribution in [3.63, 3.8) is 0 Å². The lowest BCUT2D eigenvalue weighted by Crippen LogP contribution is -2.32. The molecule has 1 aliphatic heterocycles. The number of amides is 1. The Morgan fingerprint density at radius 1 is 1.50 bits per heavy atom. The van der Waals surface area contributed by atoms with Gasteiger partial charge in [0.2, 0.25) is 5.91 Å². The van der Waals surface area contributed by atoms with Crippen LogP contribution in [0.3, 0.4) is 0 Å². The number of hydrogen-bond acceptors (Lipinski definition) is 3. The lowest BCUT2D eigenvalue weighted by molar-refractivity contribution is -0.116. The van der Waals surface area contributed by atoms with Gasteiger partial charge < -0.3 is 16.0 Å². The van der Waals surface area contributed by atoms with Gasteiger partial charge in [-0.2, -0.15) is 0 Å². The monoisotopic (exact) mass is 329 g/mol. The first-order valence-electron chi connectivity index (χ1n) is 7.41. The zero-order chi connectivity index (χ0) is 15.5. The van der Waals surface area contributed by atoms with Crippen LogP contribution < -0.4 is 11.1 Å². The minimum Gasteiger partial charge on any atom is -0.330 e. The molecule has 0 radical (unpaired) electrons. The zero-order valence-corrected chi connectivity index (χ0v) is 14.0. The Labute approximate surface area is 137 Å². The van der Waals surface area contributed by atoms with Crippen molar-refractivity contribution in [2.24, 2.45) is 11.1 Å². The summed E-state index contributed by atoms with van der Waals surface area (Å²) in [5, 5.41) is 2.78. The maximum atomic E-state index is 13.4. The first kappa shape index (κ1) is 18.9. The number of nitrogens with two attached hydrogens (primary N) is 1. The number of carbonyl (C=O) groups excluding carboxylic acids is 1. The highest BCUT2D eigenvalue weighted by Crippen LogP contribution is 2.28. The first-order valence-corrected chi connectivity index (χ1v) is 7.41. The van der Waals surface area contributed by atoms with Crippen molar-refractivity contribution in [2.45, 2.75) is 26.7 Å². The van der Waals surface area contributed by atoms with Gasteiger partial charge in [0.25, 0.3) is 0 Å². The molecule has 1 saturated heterocycles. The van der Waals surface area contributed by atoms with E-state index in [9.17, 15) is 9.18 Å². The molecule has 0 aromatic heterocycles. The maximum absolute atomic E-state index is 13.4. The number of anilines is 1. The number of carbonyl (C=O) groups is 1. The number of halogens is 2. The van der Waals surface area contributed by atoms with E-state index in [0.717, 1.165) is 26.1 Å². The molecule has 0 saturated carbocycles. The second-order valence-electron chi connectivity index (χ2n) is 6.25. The van der Waals surface area contributed by atoms with E-state index in [1.165, 1.54) is 6.07 Å². The number of rotatable bonds is 5. The second kappa shape index (κ2) is 7.90. The van der Waals surface area contributed by atoms with E-state index in [1.807, 2.05) is 0 Å². The molecule has 124 valence electrons. The van der Waals surface area contributed by atoms with Gasteiger partial charge in [0.15, 0.2) is 0 Å². The van der Waals surface area contributed by atoms with Crippen LogP contribution in [0.4, 0.5) is 10.1 Å². The second-order valence-corrected chi connectivity index (χ2v) is 6.25. The Morgan fingerprint density at radius 2 is 2.23 bits per heavy atom. The van der Waals surface area contributed by atoms with Gasteiger partial charge in [-0.05, 0) is 44.0 Å². The fraction of sp³-hybridized carbons (Fsp3) is 0.562. The van der Waals surface area contributed by atoms with Gasteiger partial charge in [-0.15, -0.1) is 12.4 Å². The number of hydrogen-bond donors (Lipinski definition) is 2. The summed E-state index contributed by atoms with van der Waals surface area (Å²) in [7, 11) is 0. The molecule has 1 aromatic rings. The fourth-order valence-electron chi connectivity index (χ4n) is 2.70. The lowest BCUT2D eigenvalue weighted by Gasteiger charge is -2.22. The van der Waals surface area contributed by atoms with E-state index in [2.05, 4.69) is 17.1 Å². The molecule has 1 atom stereocenters. The summed E-state index contributed by atoms with van der Waals surface area (Å²) in [6, 6.07) is 4.71. The summed E-state index contributed by atoms with van der Waals surface area (Å²) in [5.41, 5.74) is 6.98. The standard InChI is InChI=1S/C16H24FN3O.ClH/c1-12-13(17)4-3-5-14(12)19-15(21)6-8-20-9-7-16(2,10-18)11-20;/h3-5H,6-11,18H2,1-2H3,(H,19,21);1H. The lowest BCUT2D eigenvalue weighted by atomic mass is 9.90. The summed E-state index contributed by atoms with van der Waals surface area (Å²) in [4.78, 5) is 14.2. The Morgan fingerprint density at radius 3 is 2.86 bits per heavy atom. The molecule has 0 aliphatic carbocycles. The third-order valence-electron chi connectivity index (χ3n) is 4.33. The highest BCUT2D eigenvalue weighted by Gasteiger charge is 2.32. The first-order chi connectivity index (χ1) is 9.93. The highest BCUT2D eigenvalue weighted by molar-refractivity contribution is 5.91. The molecule has 1 fully saturated rings. The average Bonchev–Trinajstić information content (AvgIpc) is 2.84. The van der Waals surface area contributed by atoms with E-state index < -0.39 is 0 Å². The van der Waals surface area contributed by atoms with Crippen LogP contribution in [0.1, 0.15) is 25.3 Å². The van der Waals surface area contributed by atoms with Gasteiger partial charge in [0.1, 0.15) is 5.82 Å². The molecule has 1 amide bonds. The summed E-state index contributed by atoms with van der Waals surface area (Å²) >= 11 is 0. The number of likely N-dealkylation sites (tertiary alicyclic amines) is 1. The SMILES string of the molecule is Cc1c(F)cccc1NC(=O)CCN1CCC(C)(CN)C1.Cl. The van der Waals surface area contributed by atoms with Crippen LogP contribution in [0.2, 0.25) is 0 Å². The topological polar surface area (TPSA) is 58.4 Å². The van der Waals surface area contributed by atoms with Crippen molar-refractivity contribution in [1.29, 1.82) is 0 Å². The predicted molar refractivity (Wildman–Crippen MR) is 89.9 cm³/mol. The number of nitrogens with one attached hydrogen (secondary N) is 1. The smallest absolute Gasteiger partial charge is 0.225 e. The fourth-order valence-corrected chi connectivity index (χ4v) is 2.70. The van der Waals surface area contributed by atoms with E-state index in [1.54, 1.807) is 19.1 Å². The Hall–Kier alpha value is -1.17. The third kappa shape index (κ3) is 4.66. The van der Waals surface area contributed by atoms with Gasteiger partial charge in [0, 0.05) is 30.8 Å². The molecular weight excluding hydrogens is 305 g/mol. The minimum atomic E-state index is -0.300. The Kier molecular flexibility index (Phi) is 6.78. The molecule has 0 bridgehead atoms. The zero-order valence-electron chi connectivity index (χ0n) is 13.2. The predicted octanol–water partition coefficient (Wildman–Crippen LogP) is 2.56. The number of benzene rings is 1. The summed E-state index contributed by atoms with van der Waals surface area (Å²) in [6.07, 6.45) is 1.49. The maximum Gasteiger partial charge on any atom is 0.225 e. The van der Waals surface area contributed by atoms with Gasteiger partial charge in [-0.25, -0.2) is 4.39 Å². The van der Waals surface area contributed by atoms with Crippen LogP contribution in [0.25, 0.3) is 0 Å². The van der Waals surface area contributed by atoms with E-state index in [0.29, 0.717) is 24.2 Å². The van der Waals surface area contributed by atoms with Crippen LogP contribution in [-0.4, -0.2) is 37.0 Å². The molecule has 4 nitrogen and oxygen atoms in total. The molecule has 6 heteroatoms. The molecule has 1 unspecified atom stereocenters. The van der Waals surface area contributed by atoms with Gasteiger partial charge >= 0.3 is 0 Å². The molecule has 2 rings (SSSR count). The Bertz CT molecular complexity index is 526. The molecule has 1 aliphatic rings. The number of nitrogens with zero attached hydrogens (tertiary/aromatic N) is 1. The molecule has 1 aromatic carbocycles. The van der Waals surface area contributed by atoms with Gasteiger partial charge in [-0.3, -0.25) is 4.79 Å². The normalized spacial score (nSPS) is 21.5. The summed E-state index contributed by atoms with van der Waals surface area (Å²) in [5.74, 6) is -0.379. The highest BCUT2D eigenvalue weighted by atomic mass is 35.5. The average molecular weight is 330 g/mol. The van der Waals surface area contributed by atoms with Crippen molar-refractivity contribution < 1.29 is 9.18 Å². The van der Waals surface area contributed by atoms with Crippen LogP contribution >= 0.6 is 12.4 Å². The van der Waals surface area contributed by atoms with E-state index >= 15 is 0 Å². The quantitative estimate of drug-likeness (QED) is 0.873. The molecular formula is C16H25ClFN3O. The van der Waals surface area contributed by atoms with Crippen LogP contribution in [-0.2, 0) is 4.79 Å². The van der Waals surface area contributed by atoms with E-state index in [-0.39, 0.29) is 29.5 Å². The van der Waals surface area contributed by atoms with Crippen molar-refractivity contribution in [3.8, 4) is 0 Å². The molecule has 0 spiro atoms. The summed E-state index contributed by atoms with van der Waals surface area (Å²) in [6.45, 7) is 7.17. The van der Waals surface area contributed by atoms with Crippen molar-refractivity contribution in [1.82, 2.24) is 4.90 Å². The van der Waals surface area contributed by atoms with Gasteiger partial charge in [0.05, 0.1) is 0 Å². The van der Waals surface area contributed by atoms with Crippen LogP contribution in [0.15, 0.2) is 18.2 Å². The molecule has 22 heavy (non-hydrogen) atoms. The molecule has 1 heterocycles. The van der Waals surface area contributed by atoms with Crippen LogP contribution in [0, 0.1) is 18.2 Å². The van der Waals surface area contributed by atoms with Crippen molar-refractivity contribution >= 4 is 24.0 Å². The third-order valence-corrected chi connectivity index (χ3v) is 4.33. The van der Waals surface area contributed by atoms with Crippen molar-refractivity contribution in [2.75, 3.05) is 31.5 Å². The summed E-state index contributed by atoms with van der Waals surface area (Å²) < 4.78 is 13.4.